The summed E-state index contributed by atoms with van der Waals surface area (Å²) in [5.41, 5.74) is -0.523. The van der Waals surface area contributed by atoms with Gasteiger partial charge in [0.2, 0.25) is 5.91 Å². The van der Waals surface area contributed by atoms with Gasteiger partial charge in [0, 0.05) is 12.2 Å². The van der Waals surface area contributed by atoms with Crippen LogP contribution in [-0.2, 0) is 27.2 Å². The number of rotatable bonds is 3. The second-order valence-corrected chi connectivity index (χ2v) is 9.89. The van der Waals surface area contributed by atoms with E-state index >= 15 is 0 Å². The summed E-state index contributed by atoms with van der Waals surface area (Å²) < 4.78 is 63.3. The van der Waals surface area contributed by atoms with Gasteiger partial charge in [-0.25, -0.2) is 8.42 Å². The molecule has 8 heteroatoms. The number of nitrogens with zero attached hydrogens (tertiary/aromatic N) is 1. The van der Waals surface area contributed by atoms with Crippen molar-refractivity contribution in [3.05, 3.63) is 29.3 Å². The Labute approximate surface area is 144 Å². The molecule has 0 radical (unpaired) electrons. The van der Waals surface area contributed by atoms with Gasteiger partial charge in [0.1, 0.15) is 4.75 Å². The Balaban J connectivity index is 2.03. The monoisotopic (exact) mass is 375 g/mol. The number of carbonyl (C=O) groups excluding carboxylic acids is 1. The fraction of sp³-hybridized carbons (Fsp3) is 0.588. The van der Waals surface area contributed by atoms with E-state index in [9.17, 15) is 26.4 Å². The van der Waals surface area contributed by atoms with Gasteiger partial charge in [-0.2, -0.15) is 13.2 Å². The average molecular weight is 375 g/mol. The molecule has 2 aliphatic rings. The van der Waals surface area contributed by atoms with Gasteiger partial charge in [0.15, 0.2) is 9.84 Å². The van der Waals surface area contributed by atoms with Crippen molar-refractivity contribution in [3.8, 4) is 0 Å². The van der Waals surface area contributed by atoms with E-state index in [1.807, 2.05) is 0 Å². The third-order valence-electron chi connectivity index (χ3n) is 4.99. The number of hydrogen-bond donors (Lipinski definition) is 0. The Bertz CT molecular complexity index is 811. The van der Waals surface area contributed by atoms with E-state index in [4.69, 9.17) is 0 Å². The lowest BCUT2D eigenvalue weighted by Gasteiger charge is -2.36. The second-order valence-electron chi connectivity index (χ2n) is 7.12. The molecule has 0 bridgehead atoms. The van der Waals surface area contributed by atoms with Crippen LogP contribution in [0.4, 0.5) is 18.9 Å². The Hall–Kier alpha value is -1.57. The van der Waals surface area contributed by atoms with Crippen molar-refractivity contribution in [3.63, 3.8) is 0 Å². The normalized spacial score (nSPS) is 18.8. The number of alkyl halides is 3. The highest BCUT2D eigenvalue weighted by Crippen LogP contribution is 2.41. The van der Waals surface area contributed by atoms with E-state index in [0.717, 1.165) is 6.07 Å². The topological polar surface area (TPSA) is 54.5 Å². The van der Waals surface area contributed by atoms with E-state index in [-0.39, 0.29) is 24.2 Å². The lowest BCUT2D eigenvalue weighted by atomic mass is 9.95. The molecule has 1 aromatic carbocycles. The number of amides is 1. The van der Waals surface area contributed by atoms with Crippen LogP contribution in [0, 0.1) is 0 Å². The molecule has 3 rings (SSSR count). The molecular formula is C17H20F3NO3S. The van der Waals surface area contributed by atoms with E-state index in [2.05, 4.69) is 0 Å². The van der Waals surface area contributed by atoms with Crippen molar-refractivity contribution < 1.29 is 26.4 Å². The Kier molecular flexibility index (Phi) is 4.17. The van der Waals surface area contributed by atoms with Crippen LogP contribution in [0.25, 0.3) is 0 Å². The number of anilines is 1. The lowest BCUT2D eigenvalue weighted by Crippen LogP contribution is -2.52. The fourth-order valence-corrected chi connectivity index (χ4v) is 5.29. The summed E-state index contributed by atoms with van der Waals surface area (Å²) in [5, 5.41) is -0.516. The Morgan fingerprint density at radius 3 is 2.40 bits per heavy atom. The first kappa shape index (κ1) is 18.2. The minimum Gasteiger partial charge on any atom is -0.311 e. The molecule has 0 unspecified atom stereocenters. The van der Waals surface area contributed by atoms with Gasteiger partial charge in [0.25, 0.3) is 0 Å². The number of halogens is 3. The van der Waals surface area contributed by atoms with Crippen LogP contribution in [0.15, 0.2) is 18.2 Å². The van der Waals surface area contributed by atoms with Crippen LogP contribution >= 0.6 is 0 Å². The molecule has 4 nitrogen and oxygen atoms in total. The van der Waals surface area contributed by atoms with Gasteiger partial charge in [-0.15, -0.1) is 0 Å². The molecule has 1 aliphatic heterocycles. The molecule has 0 atom stereocenters. The van der Waals surface area contributed by atoms with Crippen molar-refractivity contribution >= 4 is 21.4 Å². The summed E-state index contributed by atoms with van der Waals surface area (Å²) >= 11 is 0. The van der Waals surface area contributed by atoms with Crippen molar-refractivity contribution in [1.82, 2.24) is 0 Å². The first-order valence-electron chi connectivity index (χ1n) is 8.22. The first-order chi connectivity index (χ1) is 11.5. The van der Waals surface area contributed by atoms with Gasteiger partial charge >= 0.3 is 6.18 Å². The largest absolute Gasteiger partial charge is 0.416 e. The number of carbonyl (C=O) groups is 1. The van der Waals surface area contributed by atoms with E-state index in [1.165, 1.54) is 30.9 Å². The van der Waals surface area contributed by atoms with Crippen LogP contribution in [0.2, 0.25) is 0 Å². The molecule has 1 aromatic rings. The minimum atomic E-state index is -4.51. The number of benzene rings is 1. The highest BCUT2D eigenvalue weighted by molar-refractivity contribution is 7.94. The van der Waals surface area contributed by atoms with Crippen LogP contribution < -0.4 is 4.90 Å². The molecule has 1 heterocycles. The summed E-state index contributed by atoms with van der Waals surface area (Å²) in [6.07, 6.45) is -2.86. The zero-order chi connectivity index (χ0) is 18.6. The zero-order valence-electron chi connectivity index (χ0n) is 14.1. The quantitative estimate of drug-likeness (QED) is 0.814. The molecule has 25 heavy (non-hydrogen) atoms. The molecule has 1 aliphatic carbocycles. The van der Waals surface area contributed by atoms with Crippen molar-refractivity contribution in [2.75, 3.05) is 11.4 Å². The summed E-state index contributed by atoms with van der Waals surface area (Å²) in [4.78, 5) is 14.2. The van der Waals surface area contributed by atoms with Crippen molar-refractivity contribution in [1.29, 1.82) is 0 Å². The predicted molar refractivity (Wildman–Crippen MR) is 88.1 cm³/mol. The summed E-state index contributed by atoms with van der Waals surface area (Å²) in [7, 11) is -3.67. The maximum Gasteiger partial charge on any atom is 0.416 e. The Morgan fingerprint density at radius 1 is 1.20 bits per heavy atom. The molecule has 0 aromatic heterocycles. The molecule has 1 amide bonds. The number of hydrogen-bond acceptors (Lipinski definition) is 3. The van der Waals surface area contributed by atoms with Gasteiger partial charge in [0.05, 0.1) is 10.8 Å². The van der Waals surface area contributed by atoms with E-state index in [0.29, 0.717) is 19.3 Å². The number of sulfone groups is 1. The highest BCUT2D eigenvalue weighted by Gasteiger charge is 2.52. The summed E-state index contributed by atoms with van der Waals surface area (Å²) in [6, 6.07) is 3.72. The van der Waals surface area contributed by atoms with Gasteiger partial charge in [-0.05, 0) is 57.2 Å². The van der Waals surface area contributed by atoms with Crippen LogP contribution in [-0.4, -0.2) is 30.9 Å². The van der Waals surface area contributed by atoms with Gasteiger partial charge in [-0.3, -0.25) is 4.79 Å². The summed E-state index contributed by atoms with van der Waals surface area (Å²) in [6.45, 7) is 2.92. The smallest absolute Gasteiger partial charge is 0.311 e. The molecule has 0 saturated heterocycles. The zero-order valence-corrected chi connectivity index (χ0v) is 14.9. The third kappa shape index (κ3) is 2.94. The van der Waals surface area contributed by atoms with Crippen LogP contribution in [0.3, 0.4) is 0 Å². The SMILES string of the molecule is CC(C)(C(=O)N1CCCc2c1cccc2C(F)(F)F)S(=O)(=O)C1CC1. The first-order valence-corrected chi connectivity index (χ1v) is 9.77. The molecule has 1 fully saturated rings. The molecule has 0 N–H and O–H groups in total. The molecule has 138 valence electrons. The third-order valence-corrected chi connectivity index (χ3v) is 7.94. The lowest BCUT2D eigenvalue weighted by molar-refractivity contribution is -0.138. The maximum absolute atomic E-state index is 13.2. The Morgan fingerprint density at radius 2 is 1.84 bits per heavy atom. The summed E-state index contributed by atoms with van der Waals surface area (Å²) in [5.74, 6) is -0.653. The van der Waals surface area contributed by atoms with Crippen LogP contribution in [0.5, 0.6) is 0 Å². The molecule has 0 spiro atoms. The fourth-order valence-electron chi connectivity index (χ4n) is 3.34. The number of fused-ring (bicyclic) bond motifs is 1. The second kappa shape index (κ2) is 5.72. The minimum absolute atomic E-state index is 0.0641. The van der Waals surface area contributed by atoms with Crippen molar-refractivity contribution in [2.24, 2.45) is 0 Å². The van der Waals surface area contributed by atoms with Crippen molar-refractivity contribution in [2.45, 2.75) is 55.7 Å². The molecular weight excluding hydrogens is 355 g/mol. The van der Waals surface area contributed by atoms with Gasteiger partial charge < -0.3 is 4.90 Å². The van der Waals surface area contributed by atoms with E-state index in [1.54, 1.807) is 0 Å². The van der Waals surface area contributed by atoms with Gasteiger partial charge in [-0.1, -0.05) is 6.07 Å². The van der Waals surface area contributed by atoms with E-state index < -0.39 is 37.5 Å². The highest BCUT2D eigenvalue weighted by atomic mass is 32.2. The predicted octanol–water partition coefficient (Wildman–Crippen LogP) is 3.34. The standard InChI is InChI=1S/C17H20F3NO3S/c1-16(2,25(23,24)11-8-9-11)15(22)21-10-4-5-12-13(17(18,19)20)6-3-7-14(12)21/h3,6-7,11H,4-5,8-10H2,1-2H3. The molecule has 1 saturated carbocycles. The average Bonchev–Trinajstić information content (AvgIpc) is 3.37. The maximum atomic E-state index is 13.2. The van der Waals surface area contributed by atoms with Crippen LogP contribution in [0.1, 0.15) is 44.2 Å².